The van der Waals surface area contributed by atoms with Crippen molar-refractivity contribution in [2.45, 2.75) is 39.2 Å². The molecule has 1 aliphatic carbocycles. The van der Waals surface area contributed by atoms with Gasteiger partial charge in [-0.3, -0.25) is 0 Å². The molecule has 106 valence electrons. The van der Waals surface area contributed by atoms with Crippen molar-refractivity contribution in [3.8, 4) is 11.5 Å². The third kappa shape index (κ3) is 2.92. The zero-order valence-electron chi connectivity index (χ0n) is 12.0. The van der Waals surface area contributed by atoms with Crippen molar-refractivity contribution in [3.63, 3.8) is 0 Å². The molecule has 1 atom stereocenters. The summed E-state index contributed by atoms with van der Waals surface area (Å²) in [4.78, 5) is 0. The van der Waals surface area contributed by atoms with E-state index in [0.717, 1.165) is 11.4 Å². The minimum Gasteiger partial charge on any atom is -0.495 e. The number of anilines is 1. The minimum absolute atomic E-state index is 0.303. The van der Waals surface area contributed by atoms with Gasteiger partial charge in [0.1, 0.15) is 11.5 Å². The van der Waals surface area contributed by atoms with E-state index in [1.54, 1.807) is 20.3 Å². The van der Waals surface area contributed by atoms with Crippen LogP contribution in [0.4, 0.5) is 5.69 Å². The van der Waals surface area contributed by atoms with Crippen molar-refractivity contribution in [2.24, 2.45) is 5.41 Å². The first-order valence-corrected chi connectivity index (χ1v) is 7.04. The van der Waals surface area contributed by atoms with Crippen molar-refractivity contribution in [1.29, 1.82) is 0 Å². The smallest absolute Gasteiger partial charge is 0.143 e. The van der Waals surface area contributed by atoms with E-state index in [1.165, 1.54) is 19.3 Å². The van der Waals surface area contributed by atoms with Crippen molar-refractivity contribution in [2.75, 3.05) is 19.5 Å². The standard InChI is InChI=1S/C15H22ClNO2/c1-15(2)7-5-6-14(15)17-11-9-12(18-3)10(16)8-13(11)19-4/h8-9,14,17H,5-7H2,1-4H3. The van der Waals surface area contributed by atoms with Gasteiger partial charge in [-0.1, -0.05) is 31.9 Å². The molecule has 1 saturated carbocycles. The molecule has 0 saturated heterocycles. The van der Waals surface area contributed by atoms with Crippen LogP contribution in [-0.2, 0) is 0 Å². The zero-order chi connectivity index (χ0) is 14.0. The Bertz CT molecular complexity index is 460. The highest BCUT2D eigenvalue weighted by molar-refractivity contribution is 6.32. The van der Waals surface area contributed by atoms with Crippen LogP contribution in [0.15, 0.2) is 12.1 Å². The Morgan fingerprint density at radius 2 is 1.89 bits per heavy atom. The number of nitrogens with one attached hydrogen (secondary N) is 1. The van der Waals surface area contributed by atoms with Crippen molar-refractivity contribution < 1.29 is 9.47 Å². The monoisotopic (exact) mass is 283 g/mol. The lowest BCUT2D eigenvalue weighted by atomic mass is 9.87. The molecule has 1 N–H and O–H groups in total. The fourth-order valence-electron chi connectivity index (χ4n) is 2.76. The topological polar surface area (TPSA) is 30.5 Å². The summed E-state index contributed by atoms with van der Waals surface area (Å²) in [6.45, 7) is 4.61. The van der Waals surface area contributed by atoms with E-state index in [4.69, 9.17) is 21.1 Å². The summed E-state index contributed by atoms with van der Waals surface area (Å²) in [5.74, 6) is 1.43. The second-order valence-electron chi connectivity index (χ2n) is 5.76. The number of benzene rings is 1. The fraction of sp³-hybridized carbons (Fsp3) is 0.600. The van der Waals surface area contributed by atoms with Gasteiger partial charge in [0, 0.05) is 18.2 Å². The van der Waals surface area contributed by atoms with Gasteiger partial charge < -0.3 is 14.8 Å². The van der Waals surface area contributed by atoms with E-state index in [-0.39, 0.29) is 0 Å². The Morgan fingerprint density at radius 1 is 1.21 bits per heavy atom. The van der Waals surface area contributed by atoms with Gasteiger partial charge in [0.15, 0.2) is 0 Å². The van der Waals surface area contributed by atoms with E-state index in [1.807, 2.05) is 6.07 Å². The molecule has 0 amide bonds. The summed E-state index contributed by atoms with van der Waals surface area (Å²) in [7, 11) is 3.28. The van der Waals surface area contributed by atoms with Crippen LogP contribution in [0.25, 0.3) is 0 Å². The van der Waals surface area contributed by atoms with Gasteiger partial charge in [0.25, 0.3) is 0 Å². The number of ether oxygens (including phenoxy) is 2. The van der Waals surface area contributed by atoms with Crippen molar-refractivity contribution >= 4 is 17.3 Å². The van der Waals surface area contributed by atoms with E-state index in [9.17, 15) is 0 Å². The molecule has 1 aromatic rings. The molecular formula is C15H22ClNO2. The molecule has 0 heterocycles. The Kier molecular flexibility index (Phi) is 4.14. The summed E-state index contributed by atoms with van der Waals surface area (Å²) < 4.78 is 10.7. The van der Waals surface area contributed by atoms with E-state index < -0.39 is 0 Å². The third-order valence-corrected chi connectivity index (χ3v) is 4.36. The summed E-state index contributed by atoms with van der Waals surface area (Å²) in [6, 6.07) is 4.16. The van der Waals surface area contributed by atoms with Crippen LogP contribution in [0.2, 0.25) is 5.02 Å². The SMILES string of the molecule is COc1cc(NC2CCCC2(C)C)c(OC)cc1Cl. The summed E-state index contributed by atoms with van der Waals surface area (Å²) in [5, 5.41) is 4.15. The summed E-state index contributed by atoms with van der Waals surface area (Å²) in [5.41, 5.74) is 1.25. The molecule has 0 radical (unpaired) electrons. The predicted octanol–water partition coefficient (Wildman–Crippen LogP) is 4.35. The van der Waals surface area contributed by atoms with Gasteiger partial charge in [-0.25, -0.2) is 0 Å². The first kappa shape index (κ1) is 14.3. The maximum Gasteiger partial charge on any atom is 0.143 e. The van der Waals surface area contributed by atoms with Gasteiger partial charge in [0.2, 0.25) is 0 Å². The average Bonchev–Trinajstić information content (AvgIpc) is 2.70. The van der Waals surface area contributed by atoms with Crippen LogP contribution in [0.3, 0.4) is 0 Å². The van der Waals surface area contributed by atoms with E-state index in [0.29, 0.717) is 22.2 Å². The van der Waals surface area contributed by atoms with Crippen LogP contribution in [0, 0.1) is 5.41 Å². The highest BCUT2D eigenvalue weighted by Crippen LogP contribution is 2.42. The molecule has 1 aliphatic rings. The molecule has 1 unspecified atom stereocenters. The molecule has 0 aliphatic heterocycles. The predicted molar refractivity (Wildman–Crippen MR) is 79.6 cm³/mol. The second-order valence-corrected chi connectivity index (χ2v) is 6.17. The number of hydrogen-bond donors (Lipinski definition) is 1. The minimum atomic E-state index is 0.303. The van der Waals surface area contributed by atoms with E-state index in [2.05, 4.69) is 19.2 Å². The lowest BCUT2D eigenvalue weighted by Gasteiger charge is -2.29. The number of hydrogen-bond acceptors (Lipinski definition) is 3. The van der Waals surface area contributed by atoms with Gasteiger partial charge in [-0.15, -0.1) is 0 Å². The quantitative estimate of drug-likeness (QED) is 0.891. The number of methoxy groups -OCH3 is 2. The second kappa shape index (κ2) is 5.49. The molecule has 0 spiro atoms. The summed E-state index contributed by atoms with van der Waals surface area (Å²) in [6.07, 6.45) is 3.69. The molecule has 3 nitrogen and oxygen atoms in total. The Balaban J connectivity index is 2.28. The molecule has 2 rings (SSSR count). The molecule has 0 aromatic heterocycles. The normalized spacial score (nSPS) is 21.2. The van der Waals surface area contributed by atoms with Crippen LogP contribution < -0.4 is 14.8 Å². The van der Waals surface area contributed by atoms with Crippen LogP contribution in [0.5, 0.6) is 11.5 Å². The highest BCUT2D eigenvalue weighted by Gasteiger charge is 2.34. The van der Waals surface area contributed by atoms with Crippen molar-refractivity contribution in [1.82, 2.24) is 0 Å². The van der Waals surface area contributed by atoms with Gasteiger partial charge in [0.05, 0.1) is 24.9 Å². The molecule has 19 heavy (non-hydrogen) atoms. The largest absolute Gasteiger partial charge is 0.495 e. The van der Waals surface area contributed by atoms with Crippen LogP contribution in [0.1, 0.15) is 33.1 Å². The molecule has 1 aromatic carbocycles. The maximum absolute atomic E-state index is 6.12. The van der Waals surface area contributed by atoms with Gasteiger partial charge >= 0.3 is 0 Å². The maximum atomic E-state index is 6.12. The molecule has 0 bridgehead atoms. The number of halogens is 1. The fourth-order valence-corrected chi connectivity index (χ4v) is 2.99. The van der Waals surface area contributed by atoms with Gasteiger partial charge in [-0.05, 0) is 18.3 Å². The lowest BCUT2D eigenvalue weighted by molar-refractivity contribution is 0.347. The molecular weight excluding hydrogens is 262 g/mol. The number of rotatable bonds is 4. The Morgan fingerprint density at radius 3 is 2.42 bits per heavy atom. The first-order chi connectivity index (χ1) is 8.97. The zero-order valence-corrected chi connectivity index (χ0v) is 12.8. The third-order valence-electron chi connectivity index (χ3n) is 4.06. The molecule has 4 heteroatoms. The van der Waals surface area contributed by atoms with Crippen molar-refractivity contribution in [3.05, 3.63) is 17.2 Å². The highest BCUT2D eigenvalue weighted by atomic mass is 35.5. The average molecular weight is 284 g/mol. The van der Waals surface area contributed by atoms with E-state index >= 15 is 0 Å². The first-order valence-electron chi connectivity index (χ1n) is 6.66. The van der Waals surface area contributed by atoms with Crippen LogP contribution >= 0.6 is 11.6 Å². The van der Waals surface area contributed by atoms with Crippen LogP contribution in [-0.4, -0.2) is 20.3 Å². The Labute approximate surface area is 120 Å². The Hall–Kier alpha value is -1.09. The summed E-state index contributed by atoms with van der Waals surface area (Å²) >= 11 is 6.12. The molecule has 1 fully saturated rings. The lowest BCUT2D eigenvalue weighted by Crippen LogP contribution is -2.30. The van der Waals surface area contributed by atoms with Gasteiger partial charge in [-0.2, -0.15) is 0 Å².